The normalized spacial score (nSPS) is 13.1. The third-order valence-corrected chi connectivity index (χ3v) is 5.77. The predicted octanol–water partition coefficient (Wildman–Crippen LogP) is 7.35. The van der Waals surface area contributed by atoms with Crippen molar-refractivity contribution in [2.24, 2.45) is 0 Å². The Morgan fingerprint density at radius 1 is 0.643 bits per heavy atom. The van der Waals surface area contributed by atoms with Crippen molar-refractivity contribution in [2.75, 3.05) is 0 Å². The Morgan fingerprint density at radius 3 is 2.29 bits per heavy atom. The van der Waals surface area contributed by atoms with Crippen LogP contribution in [0.2, 0.25) is 0 Å². The number of furan rings is 1. The van der Waals surface area contributed by atoms with Crippen molar-refractivity contribution in [3.8, 4) is 11.1 Å². The van der Waals surface area contributed by atoms with E-state index < -0.39 is 0 Å². The average Bonchev–Trinajstić information content (AvgIpc) is 3.41. The molecule has 5 aromatic rings. The van der Waals surface area contributed by atoms with Crippen molar-refractivity contribution in [2.45, 2.75) is 6.42 Å². The van der Waals surface area contributed by atoms with Gasteiger partial charge in [0.2, 0.25) is 0 Å². The van der Waals surface area contributed by atoms with Gasteiger partial charge in [-0.15, -0.1) is 0 Å². The molecule has 132 valence electrons. The molecule has 0 radical (unpaired) electrons. The summed E-state index contributed by atoms with van der Waals surface area (Å²) in [6.07, 6.45) is 4.96. The lowest BCUT2D eigenvalue weighted by Crippen LogP contribution is -1.89. The Balaban J connectivity index is 1.60. The summed E-state index contributed by atoms with van der Waals surface area (Å²) in [5.74, 6) is 0.964. The number of allylic oxidation sites excluding steroid dienone is 1. The lowest BCUT2D eigenvalue weighted by Gasteiger charge is -2.12. The van der Waals surface area contributed by atoms with Crippen LogP contribution in [0.1, 0.15) is 16.9 Å². The molecule has 28 heavy (non-hydrogen) atoms. The van der Waals surface area contributed by atoms with E-state index in [0.717, 1.165) is 12.2 Å². The second kappa shape index (κ2) is 5.97. The number of hydrogen-bond donors (Lipinski definition) is 0. The van der Waals surface area contributed by atoms with Gasteiger partial charge in [0.15, 0.2) is 0 Å². The Labute approximate surface area is 163 Å². The van der Waals surface area contributed by atoms with E-state index >= 15 is 0 Å². The van der Waals surface area contributed by atoms with Crippen LogP contribution in [0.5, 0.6) is 0 Å². The first-order valence-corrected chi connectivity index (χ1v) is 9.65. The number of fused-ring (bicyclic) bond motifs is 3. The van der Waals surface area contributed by atoms with Gasteiger partial charge in [0.25, 0.3) is 0 Å². The van der Waals surface area contributed by atoms with Crippen molar-refractivity contribution in [1.29, 1.82) is 0 Å². The van der Waals surface area contributed by atoms with E-state index in [9.17, 15) is 0 Å². The summed E-state index contributed by atoms with van der Waals surface area (Å²) in [4.78, 5) is 0. The quantitative estimate of drug-likeness (QED) is 0.301. The van der Waals surface area contributed by atoms with Crippen molar-refractivity contribution in [1.82, 2.24) is 0 Å². The minimum Gasteiger partial charge on any atom is -0.465 e. The highest BCUT2D eigenvalue weighted by Crippen LogP contribution is 2.40. The molecule has 0 spiro atoms. The molecule has 0 saturated heterocycles. The highest BCUT2D eigenvalue weighted by atomic mass is 16.3. The summed E-state index contributed by atoms with van der Waals surface area (Å²) in [6.45, 7) is 0. The van der Waals surface area contributed by atoms with Gasteiger partial charge in [0.05, 0.1) is 6.26 Å². The van der Waals surface area contributed by atoms with Crippen molar-refractivity contribution in [3.05, 3.63) is 108 Å². The molecule has 1 aliphatic rings. The first kappa shape index (κ1) is 15.5. The maximum Gasteiger partial charge on any atom is 0.130 e. The molecule has 0 N–H and O–H groups in total. The van der Waals surface area contributed by atoms with E-state index in [1.807, 2.05) is 12.1 Å². The number of hydrogen-bond acceptors (Lipinski definition) is 1. The molecule has 1 heteroatoms. The SMILES string of the molecule is C1=C(c2ccco2)Cc2cccc(-c3cccc4cc5ccccc5cc34)c21. The minimum absolute atomic E-state index is 0.921. The summed E-state index contributed by atoms with van der Waals surface area (Å²) in [7, 11) is 0. The molecule has 0 atom stereocenters. The summed E-state index contributed by atoms with van der Waals surface area (Å²) in [5, 5.41) is 5.14. The molecule has 1 aromatic heterocycles. The smallest absolute Gasteiger partial charge is 0.130 e. The molecule has 1 nitrogen and oxygen atoms in total. The zero-order valence-corrected chi connectivity index (χ0v) is 15.4. The standard InChI is InChI=1S/C27H18O/c1-2-7-19-16-25-20(14-18(19)6-1)8-3-10-23(25)24-11-4-9-21-15-22(17-26(21)24)27-12-5-13-28-27/h1-14,16-17H,15H2. The highest BCUT2D eigenvalue weighted by molar-refractivity contribution is 6.07. The second-order valence-corrected chi connectivity index (χ2v) is 7.43. The largest absolute Gasteiger partial charge is 0.465 e. The monoisotopic (exact) mass is 358 g/mol. The topological polar surface area (TPSA) is 13.1 Å². The van der Waals surface area contributed by atoms with Gasteiger partial charge >= 0.3 is 0 Å². The Hall–Kier alpha value is -3.58. The molecule has 0 unspecified atom stereocenters. The summed E-state index contributed by atoms with van der Waals surface area (Å²) < 4.78 is 5.64. The van der Waals surface area contributed by atoms with Crippen LogP contribution in [0.4, 0.5) is 0 Å². The third-order valence-electron chi connectivity index (χ3n) is 5.77. The fourth-order valence-corrected chi connectivity index (χ4v) is 4.42. The zero-order valence-electron chi connectivity index (χ0n) is 15.4. The fourth-order valence-electron chi connectivity index (χ4n) is 4.42. The van der Waals surface area contributed by atoms with Gasteiger partial charge in [-0.2, -0.15) is 0 Å². The third kappa shape index (κ3) is 2.33. The maximum atomic E-state index is 5.64. The van der Waals surface area contributed by atoms with Crippen LogP contribution in [-0.2, 0) is 6.42 Å². The van der Waals surface area contributed by atoms with Crippen molar-refractivity contribution < 1.29 is 4.42 Å². The minimum atomic E-state index is 0.921. The fraction of sp³-hybridized carbons (Fsp3) is 0.0370. The van der Waals surface area contributed by atoms with Crippen LogP contribution in [0.15, 0.2) is 95.6 Å². The van der Waals surface area contributed by atoms with E-state index in [4.69, 9.17) is 4.42 Å². The van der Waals surface area contributed by atoms with Gasteiger partial charge in [0.1, 0.15) is 5.76 Å². The van der Waals surface area contributed by atoms with Crippen molar-refractivity contribution in [3.63, 3.8) is 0 Å². The van der Waals surface area contributed by atoms with Gasteiger partial charge in [-0.3, -0.25) is 0 Å². The van der Waals surface area contributed by atoms with E-state index in [2.05, 4.69) is 78.9 Å². The average molecular weight is 358 g/mol. The Morgan fingerprint density at radius 2 is 1.43 bits per heavy atom. The summed E-state index contributed by atoms with van der Waals surface area (Å²) in [5.41, 5.74) is 6.51. The molecular formula is C27H18O. The maximum absolute atomic E-state index is 5.64. The molecule has 1 aliphatic carbocycles. The van der Waals surface area contributed by atoms with Gasteiger partial charge in [-0.05, 0) is 79.7 Å². The molecule has 0 fully saturated rings. The van der Waals surface area contributed by atoms with Crippen LogP contribution >= 0.6 is 0 Å². The zero-order chi connectivity index (χ0) is 18.5. The van der Waals surface area contributed by atoms with Crippen LogP contribution in [0, 0.1) is 0 Å². The van der Waals surface area contributed by atoms with E-state index in [0.29, 0.717) is 0 Å². The Bertz CT molecular complexity index is 1370. The van der Waals surface area contributed by atoms with Crippen LogP contribution in [0.25, 0.3) is 44.3 Å². The molecule has 0 aliphatic heterocycles. The molecule has 0 bridgehead atoms. The first-order valence-electron chi connectivity index (χ1n) is 9.65. The lowest BCUT2D eigenvalue weighted by atomic mass is 9.92. The van der Waals surface area contributed by atoms with E-state index in [-0.39, 0.29) is 0 Å². The van der Waals surface area contributed by atoms with Crippen LogP contribution < -0.4 is 0 Å². The number of benzene rings is 4. The van der Waals surface area contributed by atoms with Crippen LogP contribution in [-0.4, -0.2) is 0 Å². The predicted molar refractivity (Wildman–Crippen MR) is 117 cm³/mol. The van der Waals surface area contributed by atoms with Gasteiger partial charge in [0, 0.05) is 6.42 Å². The number of rotatable bonds is 2. The molecule has 0 amide bonds. The summed E-state index contributed by atoms with van der Waals surface area (Å²) >= 11 is 0. The van der Waals surface area contributed by atoms with Crippen LogP contribution in [0.3, 0.4) is 0 Å². The molecule has 4 aromatic carbocycles. The molecular weight excluding hydrogens is 340 g/mol. The lowest BCUT2D eigenvalue weighted by molar-refractivity contribution is 0.552. The first-order chi connectivity index (χ1) is 13.9. The second-order valence-electron chi connectivity index (χ2n) is 7.43. The van der Waals surface area contributed by atoms with Crippen molar-refractivity contribution >= 4 is 33.2 Å². The molecule has 1 heterocycles. The summed E-state index contributed by atoms with van der Waals surface area (Å²) in [6, 6.07) is 30.4. The van der Waals surface area contributed by atoms with Gasteiger partial charge in [-0.1, -0.05) is 60.7 Å². The van der Waals surface area contributed by atoms with Gasteiger partial charge < -0.3 is 4.42 Å². The molecule has 0 saturated carbocycles. The highest BCUT2D eigenvalue weighted by Gasteiger charge is 2.20. The van der Waals surface area contributed by atoms with E-state index in [1.165, 1.54) is 49.4 Å². The Kier molecular flexibility index (Phi) is 3.30. The van der Waals surface area contributed by atoms with Gasteiger partial charge in [-0.25, -0.2) is 0 Å². The molecule has 6 rings (SSSR count). The van der Waals surface area contributed by atoms with E-state index in [1.54, 1.807) is 6.26 Å².